The van der Waals surface area contributed by atoms with Crippen molar-refractivity contribution < 1.29 is 0 Å². The molecule has 9 heavy (non-hydrogen) atoms. The predicted molar refractivity (Wildman–Crippen MR) is 34.8 cm³/mol. The molecule has 1 rings (SSSR count). The lowest BCUT2D eigenvalue weighted by Crippen LogP contribution is -1.98. The van der Waals surface area contributed by atoms with E-state index in [1.54, 1.807) is 0 Å². The first-order valence-electron chi connectivity index (χ1n) is 3.03. The molecule has 0 aromatic carbocycles. The minimum absolute atomic E-state index is 0.149. The van der Waals surface area contributed by atoms with Crippen LogP contribution < -0.4 is 5.73 Å². The summed E-state index contributed by atoms with van der Waals surface area (Å²) in [6, 6.07) is 0. The van der Waals surface area contributed by atoms with Crippen LogP contribution in [0.1, 0.15) is 19.8 Å². The van der Waals surface area contributed by atoms with Gasteiger partial charge in [-0.15, -0.1) is 0 Å². The Labute approximate surface area is 54.4 Å². The highest BCUT2D eigenvalue weighted by molar-refractivity contribution is 5.16. The van der Waals surface area contributed by atoms with Crippen molar-refractivity contribution in [2.24, 2.45) is 16.3 Å². The maximum absolute atomic E-state index is 6.73. The first-order chi connectivity index (χ1) is 4.23. The smallest absolute Gasteiger partial charge is 0.0836 e. The van der Waals surface area contributed by atoms with Crippen molar-refractivity contribution in [1.82, 2.24) is 0 Å². The summed E-state index contributed by atoms with van der Waals surface area (Å²) in [5.41, 5.74) is 12.8. The normalized spacial score (nSPS) is 23.4. The summed E-state index contributed by atoms with van der Waals surface area (Å²) < 4.78 is 0. The van der Waals surface area contributed by atoms with Crippen LogP contribution >= 0.6 is 0 Å². The van der Waals surface area contributed by atoms with Gasteiger partial charge in [0.1, 0.15) is 0 Å². The van der Waals surface area contributed by atoms with E-state index in [1.807, 2.05) is 0 Å². The Morgan fingerprint density at radius 3 is 2.44 bits per heavy atom. The highest BCUT2D eigenvalue weighted by Crippen LogP contribution is 2.51. The third kappa shape index (κ3) is 0.943. The van der Waals surface area contributed by atoms with Crippen LogP contribution in [0.15, 0.2) is 17.0 Å². The van der Waals surface area contributed by atoms with Crippen LogP contribution in [-0.2, 0) is 0 Å². The molecule has 1 aliphatic rings. The monoisotopic (exact) mass is 125 g/mol. The zero-order valence-electron chi connectivity index (χ0n) is 5.52. The molecule has 0 bridgehead atoms. The third-order valence-electron chi connectivity index (χ3n) is 1.90. The highest BCUT2D eigenvalue weighted by atomic mass is 15.0. The summed E-state index contributed by atoms with van der Waals surface area (Å²) in [6.07, 6.45) is 3.68. The molecule has 3 heteroatoms. The van der Waals surface area contributed by atoms with Gasteiger partial charge in [-0.05, 0) is 12.8 Å². The van der Waals surface area contributed by atoms with Gasteiger partial charge in [-0.2, -0.15) is 5.11 Å². The lowest BCUT2D eigenvalue weighted by atomic mass is 10.1. The Morgan fingerprint density at radius 2 is 2.33 bits per heavy atom. The van der Waals surface area contributed by atoms with Gasteiger partial charge in [0.05, 0.1) is 5.70 Å². The van der Waals surface area contributed by atoms with Gasteiger partial charge in [-0.3, -0.25) is 0 Å². The number of nitrogens with zero attached hydrogens (tertiary/aromatic N) is 1. The molecular weight excluding hydrogens is 114 g/mol. The molecule has 0 atom stereocenters. The van der Waals surface area contributed by atoms with Crippen molar-refractivity contribution in [2.75, 3.05) is 0 Å². The summed E-state index contributed by atoms with van der Waals surface area (Å²) >= 11 is 0. The molecule has 0 radical (unpaired) electrons. The Bertz CT molecular complexity index is 156. The van der Waals surface area contributed by atoms with Gasteiger partial charge in [0, 0.05) is 11.6 Å². The van der Waals surface area contributed by atoms with Crippen molar-refractivity contribution >= 4 is 0 Å². The standard InChI is InChI=1S/C6H11N3/c1-6(2-3-6)5(4-7)9-8/h4,8H,2-3,7H2,1H3/b5-4-,9-8?. The van der Waals surface area contributed by atoms with Crippen LogP contribution in [-0.4, -0.2) is 0 Å². The number of allylic oxidation sites excluding steroid dienone is 1. The number of hydrogen-bond acceptors (Lipinski definition) is 3. The SMILES string of the molecule is CC1(/C(=C/N)N=N)CC1. The molecule has 0 aromatic rings. The van der Waals surface area contributed by atoms with Crippen LogP contribution in [0.3, 0.4) is 0 Å². The van der Waals surface area contributed by atoms with Crippen LogP contribution in [0, 0.1) is 10.9 Å². The number of nitrogens with one attached hydrogen (secondary N) is 1. The number of hydrogen-bond donors (Lipinski definition) is 2. The molecular formula is C6H11N3. The Kier molecular flexibility index (Phi) is 1.27. The third-order valence-corrected chi connectivity index (χ3v) is 1.90. The van der Waals surface area contributed by atoms with Gasteiger partial charge in [-0.1, -0.05) is 6.92 Å². The largest absolute Gasteiger partial charge is 0.403 e. The molecule has 0 aromatic heterocycles. The summed E-state index contributed by atoms with van der Waals surface area (Å²) in [5, 5.41) is 3.33. The van der Waals surface area contributed by atoms with Gasteiger partial charge in [-0.25, -0.2) is 5.53 Å². The molecule has 0 unspecified atom stereocenters. The van der Waals surface area contributed by atoms with Crippen LogP contribution in [0.4, 0.5) is 0 Å². The first-order valence-corrected chi connectivity index (χ1v) is 3.03. The Morgan fingerprint density at radius 1 is 1.78 bits per heavy atom. The maximum Gasteiger partial charge on any atom is 0.0836 e. The van der Waals surface area contributed by atoms with Crippen LogP contribution in [0.25, 0.3) is 0 Å². The van der Waals surface area contributed by atoms with E-state index in [0.717, 1.165) is 18.5 Å². The molecule has 0 saturated heterocycles. The first kappa shape index (κ1) is 6.26. The minimum atomic E-state index is 0.149. The van der Waals surface area contributed by atoms with Crippen LogP contribution in [0.2, 0.25) is 0 Å². The lowest BCUT2D eigenvalue weighted by molar-refractivity contribution is 0.657. The molecule has 1 aliphatic carbocycles. The lowest BCUT2D eigenvalue weighted by Gasteiger charge is -2.03. The van der Waals surface area contributed by atoms with Crippen molar-refractivity contribution in [2.45, 2.75) is 19.8 Å². The average molecular weight is 125 g/mol. The Balaban J connectivity index is 2.69. The quantitative estimate of drug-likeness (QED) is 0.541. The molecule has 0 aliphatic heterocycles. The van der Waals surface area contributed by atoms with Gasteiger partial charge in [0.25, 0.3) is 0 Å². The van der Waals surface area contributed by atoms with E-state index in [2.05, 4.69) is 12.0 Å². The second-order valence-corrected chi connectivity index (χ2v) is 2.72. The van der Waals surface area contributed by atoms with Gasteiger partial charge < -0.3 is 5.73 Å². The fourth-order valence-electron chi connectivity index (χ4n) is 0.817. The van der Waals surface area contributed by atoms with Crippen LogP contribution in [0.5, 0.6) is 0 Å². The maximum atomic E-state index is 6.73. The second kappa shape index (κ2) is 1.83. The molecule has 1 fully saturated rings. The number of nitrogens with two attached hydrogens (primary N) is 1. The highest BCUT2D eigenvalue weighted by Gasteiger charge is 2.41. The fourth-order valence-corrected chi connectivity index (χ4v) is 0.817. The molecule has 3 nitrogen and oxygen atoms in total. The molecule has 50 valence electrons. The summed E-state index contributed by atoms with van der Waals surface area (Å²) in [7, 11) is 0. The van der Waals surface area contributed by atoms with Crippen molar-refractivity contribution in [3.8, 4) is 0 Å². The summed E-state index contributed by atoms with van der Waals surface area (Å²) in [6.45, 7) is 2.07. The topological polar surface area (TPSA) is 62.2 Å². The fraction of sp³-hybridized carbons (Fsp3) is 0.667. The van der Waals surface area contributed by atoms with E-state index in [-0.39, 0.29) is 5.41 Å². The van der Waals surface area contributed by atoms with Crippen molar-refractivity contribution in [3.05, 3.63) is 11.9 Å². The Hall–Kier alpha value is -0.860. The average Bonchev–Trinajstić information content (AvgIpc) is 2.52. The van der Waals surface area contributed by atoms with Gasteiger partial charge in [0.2, 0.25) is 0 Å². The minimum Gasteiger partial charge on any atom is -0.403 e. The van der Waals surface area contributed by atoms with E-state index < -0.39 is 0 Å². The zero-order valence-corrected chi connectivity index (χ0v) is 5.52. The van der Waals surface area contributed by atoms with E-state index in [9.17, 15) is 0 Å². The molecule has 1 saturated carbocycles. The van der Waals surface area contributed by atoms with E-state index in [4.69, 9.17) is 11.3 Å². The summed E-state index contributed by atoms with van der Waals surface area (Å²) in [5.74, 6) is 0. The van der Waals surface area contributed by atoms with Crippen molar-refractivity contribution in [1.29, 1.82) is 5.53 Å². The zero-order chi connectivity index (χ0) is 6.91. The summed E-state index contributed by atoms with van der Waals surface area (Å²) in [4.78, 5) is 0. The molecule has 0 heterocycles. The molecule has 3 N–H and O–H groups in total. The molecule has 0 spiro atoms. The van der Waals surface area contributed by atoms with Gasteiger partial charge in [0.15, 0.2) is 0 Å². The van der Waals surface area contributed by atoms with E-state index >= 15 is 0 Å². The van der Waals surface area contributed by atoms with E-state index in [0.29, 0.717) is 0 Å². The van der Waals surface area contributed by atoms with Crippen molar-refractivity contribution in [3.63, 3.8) is 0 Å². The number of rotatable bonds is 2. The second-order valence-electron chi connectivity index (χ2n) is 2.72. The van der Waals surface area contributed by atoms with E-state index in [1.165, 1.54) is 6.20 Å². The molecule has 0 amide bonds. The van der Waals surface area contributed by atoms with Gasteiger partial charge >= 0.3 is 0 Å². The predicted octanol–water partition coefficient (Wildman–Crippen LogP) is 1.62.